The molecule has 0 spiro atoms. The van der Waals surface area contributed by atoms with Gasteiger partial charge < -0.3 is 9.04 Å². The first-order valence-corrected chi connectivity index (χ1v) is 5.81. The van der Waals surface area contributed by atoms with Gasteiger partial charge in [-0.3, -0.25) is 4.18 Å². The summed E-state index contributed by atoms with van der Waals surface area (Å²) in [7, 11) is 3.00. The van der Waals surface area contributed by atoms with Crippen molar-refractivity contribution in [2.75, 3.05) is 28.3 Å². The molecule has 0 saturated carbocycles. The van der Waals surface area contributed by atoms with Crippen LogP contribution in [0.2, 0.25) is 0 Å². The lowest BCUT2D eigenvalue weighted by atomic mass is 10.2. The molecule has 0 aromatic carbocycles. The molecule has 1 unspecified atom stereocenters. The Balaban J connectivity index is 0. The Morgan fingerprint density at radius 2 is 1.80 bits per heavy atom. The molecule has 0 aliphatic heterocycles. The number of nitrogens with zero attached hydrogens (tertiary/aromatic N) is 1. The van der Waals surface area contributed by atoms with Crippen molar-refractivity contribution in [2.24, 2.45) is 0 Å². The first kappa shape index (κ1) is 17.0. The van der Waals surface area contributed by atoms with Crippen LogP contribution in [-0.2, 0) is 14.6 Å². The largest absolute Gasteiger partial charge is 0.726 e. The van der Waals surface area contributed by atoms with Gasteiger partial charge in [0.15, 0.2) is 0 Å². The highest BCUT2D eigenvalue weighted by molar-refractivity contribution is 7.80. The molecule has 0 radical (unpaired) electrons. The second-order valence-corrected chi connectivity index (χ2v) is 5.21. The van der Waals surface area contributed by atoms with E-state index in [9.17, 15) is 13.0 Å². The van der Waals surface area contributed by atoms with Crippen LogP contribution in [0.25, 0.3) is 0 Å². The van der Waals surface area contributed by atoms with Crippen molar-refractivity contribution < 1.29 is 21.6 Å². The van der Waals surface area contributed by atoms with Crippen LogP contribution in [0.1, 0.15) is 13.3 Å². The van der Waals surface area contributed by atoms with Crippen molar-refractivity contribution in [3.8, 4) is 0 Å². The number of rotatable bonds is 4. The summed E-state index contributed by atoms with van der Waals surface area (Å²) in [5.41, 5.74) is 0. The van der Waals surface area contributed by atoms with E-state index in [1.165, 1.54) is 0 Å². The molecule has 0 bridgehead atoms. The summed E-state index contributed by atoms with van der Waals surface area (Å²) < 4.78 is 32.0. The highest BCUT2D eigenvalue weighted by Crippen LogP contribution is 2.05. The number of quaternary nitrogens is 1. The van der Waals surface area contributed by atoms with Crippen molar-refractivity contribution >= 4 is 10.4 Å². The third-order valence-corrected chi connectivity index (χ3v) is 2.44. The lowest BCUT2D eigenvalue weighted by Gasteiger charge is -2.30. The summed E-state index contributed by atoms with van der Waals surface area (Å²) in [6.45, 7) is 5.94. The van der Waals surface area contributed by atoms with Gasteiger partial charge in [-0.15, -0.1) is 6.58 Å². The minimum absolute atomic E-state index is 0.683. The Morgan fingerprint density at radius 1 is 1.47 bits per heavy atom. The summed E-state index contributed by atoms with van der Waals surface area (Å²) in [6, 6.07) is 0.683. The van der Waals surface area contributed by atoms with Crippen LogP contribution in [0.3, 0.4) is 0 Å². The highest BCUT2D eigenvalue weighted by Gasteiger charge is 2.15. The van der Waals surface area contributed by atoms with Crippen LogP contribution in [0.5, 0.6) is 0 Å². The van der Waals surface area contributed by atoms with Gasteiger partial charge in [-0.05, 0) is 6.92 Å². The Morgan fingerprint density at radius 3 is 1.87 bits per heavy atom. The third kappa shape index (κ3) is 13.6. The lowest BCUT2D eigenvalue weighted by molar-refractivity contribution is -0.893. The van der Waals surface area contributed by atoms with Gasteiger partial charge in [0.25, 0.3) is 0 Å². The summed E-state index contributed by atoms with van der Waals surface area (Å²) in [6.07, 6.45) is 3.08. The fourth-order valence-electron chi connectivity index (χ4n) is 0.557. The zero-order chi connectivity index (χ0) is 12.7. The van der Waals surface area contributed by atoms with Crippen molar-refractivity contribution in [3.63, 3.8) is 0 Å². The molecule has 5 nitrogen and oxygen atoms in total. The molecule has 0 saturated heterocycles. The third-order valence-electron chi connectivity index (χ3n) is 2.03. The summed E-state index contributed by atoms with van der Waals surface area (Å²) in [5, 5.41) is 0. The average molecular weight is 239 g/mol. The zero-order valence-corrected chi connectivity index (χ0v) is 10.9. The molecule has 92 valence electrons. The maximum Gasteiger partial charge on any atom is 0.217 e. The van der Waals surface area contributed by atoms with Crippen LogP contribution >= 0.6 is 0 Å². The van der Waals surface area contributed by atoms with Gasteiger partial charge in [0.1, 0.15) is 0 Å². The molecule has 15 heavy (non-hydrogen) atoms. The fraction of sp³-hybridized carbons (Fsp3) is 0.778. The highest BCUT2D eigenvalue weighted by atomic mass is 32.3. The molecular weight excluding hydrogens is 218 g/mol. The Hall–Kier alpha value is -0.430. The SMILES string of the molecule is C=CCC(C)[N+](C)(C)C.COS(=O)(=O)[O-]. The molecule has 0 N–H and O–H groups in total. The second kappa shape index (κ2) is 6.95. The Bertz CT molecular complexity index is 266. The molecule has 0 aromatic heterocycles. The van der Waals surface area contributed by atoms with Gasteiger partial charge in [-0.1, -0.05) is 6.08 Å². The number of hydrogen-bond donors (Lipinski definition) is 0. The predicted octanol–water partition coefficient (Wildman–Crippen LogP) is 0.750. The quantitative estimate of drug-likeness (QED) is 0.314. The van der Waals surface area contributed by atoms with Gasteiger partial charge in [0.05, 0.1) is 34.3 Å². The summed E-state index contributed by atoms with van der Waals surface area (Å²) in [4.78, 5) is 0. The minimum Gasteiger partial charge on any atom is -0.726 e. The molecular formula is C9H21NO4S. The average Bonchev–Trinajstić information content (AvgIpc) is 2.03. The normalized spacial score (nSPS) is 13.7. The molecule has 0 aliphatic carbocycles. The Kier molecular flexibility index (Phi) is 7.86. The summed E-state index contributed by atoms with van der Waals surface area (Å²) in [5.74, 6) is 0. The monoisotopic (exact) mass is 239 g/mol. The zero-order valence-electron chi connectivity index (χ0n) is 10.1. The first-order chi connectivity index (χ1) is 6.54. The van der Waals surface area contributed by atoms with Crippen molar-refractivity contribution in [1.29, 1.82) is 0 Å². The second-order valence-electron chi connectivity index (χ2n) is 4.06. The molecule has 0 amide bonds. The van der Waals surface area contributed by atoms with Gasteiger partial charge in [-0.2, -0.15) is 0 Å². The topological polar surface area (TPSA) is 66.4 Å². The van der Waals surface area contributed by atoms with Crippen LogP contribution < -0.4 is 0 Å². The van der Waals surface area contributed by atoms with Gasteiger partial charge in [-0.25, -0.2) is 8.42 Å². The molecule has 0 aromatic rings. The van der Waals surface area contributed by atoms with E-state index in [0.29, 0.717) is 6.04 Å². The van der Waals surface area contributed by atoms with Crippen LogP contribution in [0.4, 0.5) is 0 Å². The minimum atomic E-state index is -4.41. The van der Waals surface area contributed by atoms with Crippen LogP contribution in [-0.4, -0.2) is 51.7 Å². The molecule has 6 heteroatoms. The summed E-state index contributed by atoms with van der Waals surface area (Å²) >= 11 is 0. The van der Waals surface area contributed by atoms with Gasteiger partial charge >= 0.3 is 0 Å². The van der Waals surface area contributed by atoms with Gasteiger partial charge in [0.2, 0.25) is 10.4 Å². The van der Waals surface area contributed by atoms with E-state index in [0.717, 1.165) is 18.0 Å². The van der Waals surface area contributed by atoms with Crippen LogP contribution in [0, 0.1) is 0 Å². The fourth-order valence-corrected chi connectivity index (χ4v) is 0.557. The van der Waals surface area contributed by atoms with Gasteiger partial charge in [0, 0.05) is 6.42 Å². The standard InChI is InChI=1S/C8H18N.CH4O4S/c1-6-7-8(2)9(3,4)5;1-5-6(2,3)4/h6,8H,1,7H2,2-5H3;1H3,(H,2,3,4)/q+1;/p-1. The van der Waals surface area contributed by atoms with E-state index in [2.05, 4.69) is 38.8 Å². The number of hydrogen-bond acceptors (Lipinski definition) is 4. The van der Waals surface area contributed by atoms with E-state index in [4.69, 9.17) is 0 Å². The van der Waals surface area contributed by atoms with E-state index in [1.54, 1.807) is 0 Å². The predicted molar refractivity (Wildman–Crippen MR) is 59.0 cm³/mol. The van der Waals surface area contributed by atoms with Crippen LogP contribution in [0.15, 0.2) is 12.7 Å². The maximum absolute atomic E-state index is 9.22. The lowest BCUT2D eigenvalue weighted by Crippen LogP contribution is -2.42. The molecule has 0 aliphatic rings. The first-order valence-electron chi connectivity index (χ1n) is 4.48. The van der Waals surface area contributed by atoms with E-state index >= 15 is 0 Å². The van der Waals surface area contributed by atoms with E-state index < -0.39 is 10.4 Å². The van der Waals surface area contributed by atoms with Crippen molar-refractivity contribution in [3.05, 3.63) is 12.7 Å². The Labute approximate surface area is 92.9 Å². The smallest absolute Gasteiger partial charge is 0.217 e. The van der Waals surface area contributed by atoms with Crippen molar-refractivity contribution in [2.45, 2.75) is 19.4 Å². The van der Waals surface area contributed by atoms with E-state index in [-0.39, 0.29) is 0 Å². The molecule has 1 atom stereocenters. The van der Waals surface area contributed by atoms with Crippen molar-refractivity contribution in [1.82, 2.24) is 0 Å². The maximum atomic E-state index is 9.22. The molecule has 0 rings (SSSR count). The van der Waals surface area contributed by atoms with E-state index in [1.807, 2.05) is 6.08 Å². The molecule has 0 heterocycles. The molecule has 0 fully saturated rings.